The summed E-state index contributed by atoms with van der Waals surface area (Å²) in [6, 6.07) is 6.52. The molecule has 2 rings (SSSR count). The van der Waals surface area contributed by atoms with Crippen LogP contribution < -0.4 is 5.32 Å². The highest BCUT2D eigenvalue weighted by atomic mass is 32.2. The molecule has 1 N–H and O–H groups in total. The molecule has 0 saturated carbocycles. The van der Waals surface area contributed by atoms with Gasteiger partial charge in [-0.15, -0.1) is 0 Å². The summed E-state index contributed by atoms with van der Waals surface area (Å²) in [6.07, 6.45) is 3.96. The Labute approximate surface area is 139 Å². The minimum Gasteiger partial charge on any atom is -0.326 e. The Hall–Kier alpha value is -1.40. The van der Waals surface area contributed by atoms with Crippen LogP contribution in [-0.2, 0) is 14.8 Å². The Kier molecular flexibility index (Phi) is 5.47. The van der Waals surface area contributed by atoms with Crippen molar-refractivity contribution in [2.75, 3.05) is 18.4 Å². The monoisotopic (exact) mass is 338 g/mol. The molecule has 1 amide bonds. The minimum atomic E-state index is -3.50. The largest absolute Gasteiger partial charge is 0.326 e. The van der Waals surface area contributed by atoms with Crippen molar-refractivity contribution in [2.24, 2.45) is 5.41 Å². The third-order valence-electron chi connectivity index (χ3n) is 3.98. The number of anilines is 1. The number of rotatable bonds is 3. The molecule has 128 valence electrons. The molecule has 1 saturated heterocycles. The predicted molar refractivity (Wildman–Crippen MR) is 91.8 cm³/mol. The van der Waals surface area contributed by atoms with Gasteiger partial charge in [0.05, 0.1) is 4.90 Å². The van der Waals surface area contributed by atoms with Gasteiger partial charge in [0.2, 0.25) is 15.9 Å². The number of amides is 1. The number of hydrogen-bond donors (Lipinski definition) is 1. The van der Waals surface area contributed by atoms with Crippen molar-refractivity contribution in [2.45, 2.75) is 51.3 Å². The number of hydrogen-bond acceptors (Lipinski definition) is 3. The lowest BCUT2D eigenvalue weighted by atomic mass is 9.95. The third-order valence-corrected chi connectivity index (χ3v) is 5.87. The van der Waals surface area contributed by atoms with E-state index in [0.717, 1.165) is 25.7 Å². The van der Waals surface area contributed by atoms with Gasteiger partial charge in [0.25, 0.3) is 0 Å². The van der Waals surface area contributed by atoms with Gasteiger partial charge in [-0.25, -0.2) is 8.42 Å². The Morgan fingerprint density at radius 2 is 1.70 bits per heavy atom. The first-order valence-corrected chi connectivity index (χ1v) is 9.57. The van der Waals surface area contributed by atoms with Gasteiger partial charge in [-0.3, -0.25) is 4.79 Å². The molecule has 0 unspecified atom stereocenters. The van der Waals surface area contributed by atoms with E-state index < -0.39 is 15.4 Å². The second kappa shape index (κ2) is 7.01. The van der Waals surface area contributed by atoms with E-state index in [2.05, 4.69) is 5.32 Å². The van der Waals surface area contributed by atoms with Crippen molar-refractivity contribution in [1.29, 1.82) is 0 Å². The molecule has 1 aliphatic rings. The van der Waals surface area contributed by atoms with Crippen LogP contribution in [0.3, 0.4) is 0 Å². The van der Waals surface area contributed by atoms with Gasteiger partial charge < -0.3 is 5.32 Å². The lowest BCUT2D eigenvalue weighted by molar-refractivity contribution is -0.123. The zero-order chi connectivity index (χ0) is 17.1. The van der Waals surface area contributed by atoms with Crippen LogP contribution >= 0.6 is 0 Å². The highest BCUT2D eigenvalue weighted by Gasteiger charge is 2.26. The topological polar surface area (TPSA) is 66.5 Å². The van der Waals surface area contributed by atoms with Crippen molar-refractivity contribution >= 4 is 21.6 Å². The lowest BCUT2D eigenvalue weighted by Gasteiger charge is -2.21. The van der Waals surface area contributed by atoms with Gasteiger partial charge in [0, 0.05) is 24.2 Å². The zero-order valence-electron chi connectivity index (χ0n) is 14.1. The summed E-state index contributed by atoms with van der Waals surface area (Å²) in [6.45, 7) is 6.60. The van der Waals surface area contributed by atoms with Crippen molar-refractivity contribution in [3.05, 3.63) is 24.3 Å². The molecular formula is C17H26N2O3S. The van der Waals surface area contributed by atoms with E-state index in [1.165, 1.54) is 0 Å². The van der Waals surface area contributed by atoms with E-state index >= 15 is 0 Å². The van der Waals surface area contributed by atoms with E-state index in [1.54, 1.807) is 28.6 Å². The molecule has 1 aromatic carbocycles. The van der Waals surface area contributed by atoms with E-state index in [1.807, 2.05) is 20.8 Å². The van der Waals surface area contributed by atoms with Crippen LogP contribution in [0.5, 0.6) is 0 Å². The smallest absolute Gasteiger partial charge is 0.243 e. The van der Waals surface area contributed by atoms with Crippen LogP contribution in [0.4, 0.5) is 5.69 Å². The SMILES string of the molecule is CC(C)(C)C(=O)Nc1cccc(S(=O)(=O)N2CCCCCC2)c1. The summed E-state index contributed by atoms with van der Waals surface area (Å²) < 4.78 is 27.1. The highest BCUT2D eigenvalue weighted by Crippen LogP contribution is 2.24. The normalized spacial score (nSPS) is 17.5. The van der Waals surface area contributed by atoms with Crippen molar-refractivity contribution < 1.29 is 13.2 Å². The molecule has 0 bridgehead atoms. The second-order valence-corrected chi connectivity index (χ2v) is 8.99. The fraction of sp³-hybridized carbons (Fsp3) is 0.588. The number of carbonyl (C=O) groups is 1. The molecule has 0 aliphatic carbocycles. The number of benzene rings is 1. The summed E-state index contributed by atoms with van der Waals surface area (Å²) in [4.78, 5) is 12.3. The first-order chi connectivity index (χ1) is 10.7. The van der Waals surface area contributed by atoms with Crippen LogP contribution in [0.25, 0.3) is 0 Å². The number of carbonyl (C=O) groups excluding carboxylic acids is 1. The fourth-order valence-corrected chi connectivity index (χ4v) is 4.05. The van der Waals surface area contributed by atoms with Crippen molar-refractivity contribution in [1.82, 2.24) is 4.31 Å². The zero-order valence-corrected chi connectivity index (χ0v) is 14.9. The van der Waals surface area contributed by atoms with Crippen LogP contribution in [0.1, 0.15) is 46.5 Å². The van der Waals surface area contributed by atoms with Gasteiger partial charge in [-0.1, -0.05) is 39.7 Å². The first-order valence-electron chi connectivity index (χ1n) is 8.13. The molecule has 0 aromatic heterocycles. The Bertz CT molecular complexity index is 655. The maximum Gasteiger partial charge on any atom is 0.243 e. The summed E-state index contributed by atoms with van der Waals surface area (Å²) >= 11 is 0. The van der Waals surface area contributed by atoms with Crippen LogP contribution in [0.2, 0.25) is 0 Å². The van der Waals surface area contributed by atoms with Gasteiger partial charge in [0.1, 0.15) is 0 Å². The maximum absolute atomic E-state index is 12.8. The first kappa shape index (κ1) is 17.9. The van der Waals surface area contributed by atoms with Gasteiger partial charge >= 0.3 is 0 Å². The number of sulfonamides is 1. The summed E-state index contributed by atoms with van der Waals surface area (Å²) in [5, 5.41) is 2.79. The maximum atomic E-state index is 12.8. The molecular weight excluding hydrogens is 312 g/mol. The fourth-order valence-electron chi connectivity index (χ4n) is 2.48. The number of nitrogens with zero attached hydrogens (tertiary/aromatic N) is 1. The van der Waals surface area contributed by atoms with Gasteiger partial charge in [0.15, 0.2) is 0 Å². The summed E-state index contributed by atoms with van der Waals surface area (Å²) in [5.41, 5.74) is -0.0135. The minimum absolute atomic E-state index is 0.137. The van der Waals surface area contributed by atoms with Crippen molar-refractivity contribution in [3.8, 4) is 0 Å². The molecule has 5 nitrogen and oxygen atoms in total. The Morgan fingerprint density at radius 1 is 1.09 bits per heavy atom. The second-order valence-electron chi connectivity index (χ2n) is 7.05. The van der Waals surface area contributed by atoms with E-state index in [9.17, 15) is 13.2 Å². The Balaban J connectivity index is 2.22. The Morgan fingerprint density at radius 3 is 2.26 bits per heavy atom. The summed E-state index contributed by atoms with van der Waals surface area (Å²) in [7, 11) is -3.50. The molecule has 0 spiro atoms. The van der Waals surface area contributed by atoms with Gasteiger partial charge in [-0.05, 0) is 31.0 Å². The average molecular weight is 338 g/mol. The molecule has 6 heteroatoms. The van der Waals surface area contributed by atoms with Crippen molar-refractivity contribution in [3.63, 3.8) is 0 Å². The van der Waals surface area contributed by atoms with E-state index in [0.29, 0.717) is 18.8 Å². The molecule has 1 fully saturated rings. The van der Waals surface area contributed by atoms with Crippen LogP contribution in [0, 0.1) is 5.41 Å². The van der Waals surface area contributed by atoms with E-state index in [-0.39, 0.29) is 10.8 Å². The third kappa shape index (κ3) is 4.54. The number of nitrogens with one attached hydrogen (secondary N) is 1. The molecule has 1 aliphatic heterocycles. The highest BCUT2D eigenvalue weighted by molar-refractivity contribution is 7.89. The lowest BCUT2D eigenvalue weighted by Crippen LogP contribution is -2.32. The predicted octanol–water partition coefficient (Wildman–Crippen LogP) is 3.24. The summed E-state index contributed by atoms with van der Waals surface area (Å²) in [5.74, 6) is -0.137. The molecule has 1 aromatic rings. The standard InChI is InChI=1S/C17H26N2O3S/c1-17(2,3)16(20)18-14-9-8-10-15(13-14)23(21,22)19-11-6-4-5-7-12-19/h8-10,13H,4-7,11-12H2,1-3H3,(H,18,20). The molecule has 0 atom stereocenters. The molecule has 23 heavy (non-hydrogen) atoms. The average Bonchev–Trinajstić information content (AvgIpc) is 2.76. The molecule has 1 heterocycles. The molecule has 0 radical (unpaired) electrons. The van der Waals surface area contributed by atoms with Gasteiger partial charge in [-0.2, -0.15) is 4.31 Å². The van der Waals surface area contributed by atoms with E-state index in [4.69, 9.17) is 0 Å². The van der Waals surface area contributed by atoms with Crippen LogP contribution in [-0.4, -0.2) is 31.7 Å². The quantitative estimate of drug-likeness (QED) is 0.920. The van der Waals surface area contributed by atoms with Crippen LogP contribution in [0.15, 0.2) is 29.2 Å².